The van der Waals surface area contributed by atoms with Gasteiger partial charge in [-0.3, -0.25) is 0 Å². The van der Waals surface area contributed by atoms with Crippen molar-refractivity contribution >= 4 is 23.5 Å². The van der Waals surface area contributed by atoms with E-state index in [9.17, 15) is 0 Å². The molecule has 2 unspecified atom stereocenters. The van der Waals surface area contributed by atoms with Crippen molar-refractivity contribution in [2.75, 3.05) is 11.5 Å². The first-order chi connectivity index (χ1) is 10.7. The molecule has 22 heavy (non-hydrogen) atoms. The molecule has 0 N–H and O–H groups in total. The highest BCUT2D eigenvalue weighted by Crippen LogP contribution is 2.24. The molecule has 0 saturated heterocycles. The topological polar surface area (TPSA) is 44.2 Å². The van der Waals surface area contributed by atoms with E-state index in [0.29, 0.717) is 0 Å². The maximum absolute atomic E-state index is 5.43. The zero-order valence-electron chi connectivity index (χ0n) is 13.2. The van der Waals surface area contributed by atoms with Gasteiger partial charge in [0.25, 0.3) is 0 Å². The highest BCUT2D eigenvalue weighted by Gasteiger charge is 2.10. The van der Waals surface area contributed by atoms with Crippen LogP contribution in [0.2, 0.25) is 0 Å². The fourth-order valence-corrected chi connectivity index (χ4v) is 3.67. The highest BCUT2D eigenvalue weighted by molar-refractivity contribution is 8.00. The maximum Gasteiger partial charge on any atom is 0.117 e. The molecule has 0 aliphatic heterocycles. The monoisotopic (exact) mass is 340 g/mol. The minimum absolute atomic E-state index is 0.166. The lowest BCUT2D eigenvalue weighted by atomic mass is 10.3. The van der Waals surface area contributed by atoms with Crippen LogP contribution in [-0.4, -0.2) is 33.7 Å². The van der Waals surface area contributed by atoms with Gasteiger partial charge in [-0.15, -0.1) is 23.5 Å². The molecule has 1 aromatic rings. The van der Waals surface area contributed by atoms with Crippen LogP contribution in [0.4, 0.5) is 0 Å². The van der Waals surface area contributed by atoms with Crippen LogP contribution in [0.5, 0.6) is 0 Å². The number of rotatable bonds is 12. The number of hydrogen-bond acceptors (Lipinski definition) is 6. The van der Waals surface area contributed by atoms with Crippen LogP contribution < -0.4 is 0 Å². The molecule has 0 saturated carbocycles. The Kier molecular flexibility index (Phi) is 9.82. The minimum atomic E-state index is 0.166. The van der Waals surface area contributed by atoms with Gasteiger partial charge in [0.15, 0.2) is 0 Å². The fraction of sp³-hybridized carbons (Fsp3) is 0.500. The van der Waals surface area contributed by atoms with E-state index in [-0.39, 0.29) is 12.2 Å². The van der Waals surface area contributed by atoms with Gasteiger partial charge in [-0.2, -0.15) is 0 Å². The molecule has 6 heteroatoms. The summed E-state index contributed by atoms with van der Waals surface area (Å²) in [7, 11) is 0. The summed E-state index contributed by atoms with van der Waals surface area (Å²) in [4.78, 5) is 8.60. The second-order valence-electron chi connectivity index (χ2n) is 4.48. The van der Waals surface area contributed by atoms with Crippen molar-refractivity contribution in [1.29, 1.82) is 0 Å². The number of nitrogens with zero attached hydrogens (tertiary/aromatic N) is 2. The van der Waals surface area contributed by atoms with Gasteiger partial charge < -0.3 is 9.47 Å². The molecule has 0 bridgehead atoms. The number of thioether (sulfide) groups is 2. The average Bonchev–Trinajstić information content (AvgIpc) is 2.55. The average molecular weight is 341 g/mol. The van der Waals surface area contributed by atoms with Crippen LogP contribution in [0, 0.1) is 0 Å². The van der Waals surface area contributed by atoms with Gasteiger partial charge in [-0.1, -0.05) is 27.0 Å². The lowest BCUT2D eigenvalue weighted by Crippen LogP contribution is -2.12. The minimum Gasteiger partial charge on any atom is -0.498 e. The molecule has 0 fully saturated rings. The van der Waals surface area contributed by atoms with E-state index in [2.05, 4.69) is 37.0 Å². The summed E-state index contributed by atoms with van der Waals surface area (Å²) in [6.07, 6.45) is 6.83. The van der Waals surface area contributed by atoms with Crippen LogP contribution in [0.15, 0.2) is 48.1 Å². The summed E-state index contributed by atoms with van der Waals surface area (Å²) >= 11 is 3.35. The second-order valence-corrected chi connectivity index (χ2v) is 6.56. The van der Waals surface area contributed by atoms with Crippen LogP contribution in [0.25, 0.3) is 0 Å². The SMILES string of the molecule is C=COC(CC)CSc1cc(SCC(CC)OC=C)ncn1. The Morgan fingerprint density at radius 3 is 1.82 bits per heavy atom. The summed E-state index contributed by atoms with van der Waals surface area (Å²) in [5, 5.41) is 1.92. The largest absolute Gasteiger partial charge is 0.498 e. The van der Waals surface area contributed by atoms with Crippen molar-refractivity contribution in [3.05, 3.63) is 38.1 Å². The van der Waals surface area contributed by atoms with Gasteiger partial charge in [-0.05, 0) is 12.8 Å². The Bertz CT molecular complexity index is 420. The van der Waals surface area contributed by atoms with Crippen LogP contribution in [0.3, 0.4) is 0 Å². The van der Waals surface area contributed by atoms with Crippen LogP contribution in [-0.2, 0) is 9.47 Å². The Labute approximate surface area is 141 Å². The maximum atomic E-state index is 5.43. The number of hydrogen-bond donors (Lipinski definition) is 0. The molecule has 1 heterocycles. The molecule has 0 aliphatic rings. The van der Waals surface area contributed by atoms with Gasteiger partial charge in [0.05, 0.1) is 12.5 Å². The third-order valence-corrected chi connectivity index (χ3v) is 5.05. The van der Waals surface area contributed by atoms with Crippen molar-refractivity contribution in [3.63, 3.8) is 0 Å². The van der Waals surface area contributed by atoms with Crippen LogP contribution in [0.1, 0.15) is 26.7 Å². The van der Waals surface area contributed by atoms with E-state index in [4.69, 9.17) is 9.47 Å². The smallest absolute Gasteiger partial charge is 0.117 e. The van der Waals surface area contributed by atoms with Crippen molar-refractivity contribution in [2.45, 2.75) is 48.9 Å². The van der Waals surface area contributed by atoms with E-state index in [1.807, 2.05) is 6.07 Å². The van der Waals surface area contributed by atoms with Crippen molar-refractivity contribution < 1.29 is 9.47 Å². The van der Waals surface area contributed by atoms with E-state index >= 15 is 0 Å². The molecule has 1 aromatic heterocycles. The Hall–Kier alpha value is -1.14. The highest BCUT2D eigenvalue weighted by atomic mass is 32.2. The fourth-order valence-electron chi connectivity index (χ4n) is 1.62. The normalized spacial score (nSPS) is 13.2. The third-order valence-electron chi connectivity index (χ3n) is 2.94. The third kappa shape index (κ3) is 7.22. The zero-order valence-corrected chi connectivity index (χ0v) is 14.9. The molecule has 0 radical (unpaired) electrons. The van der Waals surface area contributed by atoms with Crippen LogP contribution >= 0.6 is 23.5 Å². The molecule has 2 atom stereocenters. The molecular weight excluding hydrogens is 316 g/mol. The summed E-state index contributed by atoms with van der Waals surface area (Å²) in [6.45, 7) is 11.4. The van der Waals surface area contributed by atoms with E-state index in [0.717, 1.165) is 34.4 Å². The molecule has 0 amide bonds. The number of ether oxygens (including phenoxy) is 2. The van der Waals surface area contributed by atoms with E-state index in [1.165, 1.54) is 12.5 Å². The van der Waals surface area contributed by atoms with Gasteiger partial charge in [0.1, 0.15) is 28.6 Å². The van der Waals surface area contributed by atoms with Gasteiger partial charge >= 0.3 is 0 Å². The quantitative estimate of drug-likeness (QED) is 0.316. The first-order valence-electron chi connectivity index (χ1n) is 7.33. The molecule has 0 spiro atoms. The van der Waals surface area contributed by atoms with Crippen molar-refractivity contribution in [1.82, 2.24) is 9.97 Å². The van der Waals surface area contributed by atoms with Gasteiger partial charge in [0.2, 0.25) is 0 Å². The van der Waals surface area contributed by atoms with E-state index < -0.39 is 0 Å². The van der Waals surface area contributed by atoms with Gasteiger partial charge in [-0.25, -0.2) is 9.97 Å². The van der Waals surface area contributed by atoms with Crippen molar-refractivity contribution in [3.8, 4) is 0 Å². The second kappa shape index (κ2) is 11.4. The van der Waals surface area contributed by atoms with Gasteiger partial charge in [0, 0.05) is 17.6 Å². The Morgan fingerprint density at radius 2 is 1.45 bits per heavy atom. The molecule has 4 nitrogen and oxygen atoms in total. The summed E-state index contributed by atoms with van der Waals surface area (Å²) in [6, 6.07) is 2.01. The lowest BCUT2D eigenvalue weighted by Gasteiger charge is -2.14. The Balaban J connectivity index is 2.50. The first-order valence-corrected chi connectivity index (χ1v) is 9.30. The molecule has 122 valence electrons. The summed E-state index contributed by atoms with van der Waals surface area (Å²) < 4.78 is 10.9. The zero-order chi connectivity index (χ0) is 16.2. The predicted molar refractivity (Wildman–Crippen MR) is 94.2 cm³/mol. The standard InChI is InChI=1S/C16H24N2O2S2/c1-5-13(19-7-3)10-21-15-9-16(18-12-17-15)22-11-14(6-2)20-8-4/h7-9,12-14H,3-6,10-11H2,1-2H3. The Morgan fingerprint density at radius 1 is 1.00 bits per heavy atom. The molecular formula is C16H24N2O2S2. The number of aromatic nitrogens is 2. The summed E-state index contributed by atoms with van der Waals surface area (Å²) in [5.74, 6) is 1.70. The first kappa shape index (κ1) is 18.9. The predicted octanol–water partition coefficient (Wildman–Crippen LogP) is 4.54. The van der Waals surface area contributed by atoms with Crippen molar-refractivity contribution in [2.24, 2.45) is 0 Å². The lowest BCUT2D eigenvalue weighted by molar-refractivity contribution is 0.163. The molecule has 0 aromatic carbocycles. The van der Waals surface area contributed by atoms with E-state index in [1.54, 1.807) is 29.9 Å². The molecule has 1 rings (SSSR count). The molecule has 0 aliphatic carbocycles. The summed E-state index contributed by atoms with van der Waals surface area (Å²) in [5.41, 5.74) is 0.